The average molecular weight is 219 g/mol. The van der Waals surface area contributed by atoms with Gasteiger partial charge in [0.15, 0.2) is 0 Å². The van der Waals surface area contributed by atoms with E-state index < -0.39 is 0 Å². The number of benzene rings is 1. The molecule has 2 nitrogen and oxygen atoms in total. The van der Waals surface area contributed by atoms with Gasteiger partial charge in [-0.25, -0.2) is 0 Å². The highest BCUT2D eigenvalue weighted by Crippen LogP contribution is 2.31. The molecule has 0 aromatic heterocycles. The molecule has 2 atom stereocenters. The summed E-state index contributed by atoms with van der Waals surface area (Å²) in [5.74, 6) is 0.891. The first-order valence-corrected chi connectivity index (χ1v) is 6.11. The van der Waals surface area contributed by atoms with Crippen LogP contribution in [0, 0.1) is 19.8 Å². The van der Waals surface area contributed by atoms with Crippen LogP contribution >= 0.6 is 0 Å². The van der Waals surface area contributed by atoms with Gasteiger partial charge in [-0.15, -0.1) is 0 Å². The predicted molar refractivity (Wildman–Crippen MR) is 66.7 cm³/mol. The van der Waals surface area contributed by atoms with Crippen LogP contribution in [0.4, 0.5) is 0 Å². The van der Waals surface area contributed by atoms with Crippen molar-refractivity contribution < 1.29 is 5.11 Å². The van der Waals surface area contributed by atoms with Gasteiger partial charge in [0.05, 0.1) is 6.61 Å². The van der Waals surface area contributed by atoms with E-state index in [9.17, 15) is 5.11 Å². The quantitative estimate of drug-likeness (QED) is 0.815. The second-order valence-corrected chi connectivity index (χ2v) is 4.90. The predicted octanol–water partition coefficient (Wildman–Crippen LogP) is 1.99. The number of aliphatic hydroxyl groups is 1. The first-order chi connectivity index (χ1) is 7.72. The highest BCUT2D eigenvalue weighted by atomic mass is 16.3. The Balaban J connectivity index is 2.25. The van der Waals surface area contributed by atoms with Crippen molar-refractivity contribution in [1.29, 1.82) is 0 Å². The standard InChI is InChI=1S/C14H21NO/c1-10-3-4-13(11(2)7-10)14(9-16)12-5-6-15-8-12/h3-4,7,12,14-16H,5-6,8-9H2,1-2H3. The SMILES string of the molecule is Cc1ccc(C(CO)C2CCNC2)c(C)c1. The van der Waals surface area contributed by atoms with E-state index in [-0.39, 0.29) is 6.61 Å². The van der Waals surface area contributed by atoms with Gasteiger partial charge in [0, 0.05) is 5.92 Å². The summed E-state index contributed by atoms with van der Waals surface area (Å²) < 4.78 is 0. The second kappa shape index (κ2) is 4.98. The number of hydrogen-bond donors (Lipinski definition) is 2. The maximum absolute atomic E-state index is 9.61. The van der Waals surface area contributed by atoms with E-state index in [2.05, 4.69) is 37.4 Å². The molecule has 0 radical (unpaired) electrons. The number of nitrogens with one attached hydrogen (secondary N) is 1. The average Bonchev–Trinajstić information content (AvgIpc) is 2.75. The fourth-order valence-electron chi connectivity index (χ4n) is 2.76. The van der Waals surface area contributed by atoms with Gasteiger partial charge in [0.2, 0.25) is 0 Å². The van der Waals surface area contributed by atoms with Crippen molar-refractivity contribution in [2.75, 3.05) is 19.7 Å². The van der Waals surface area contributed by atoms with Crippen LogP contribution in [-0.4, -0.2) is 24.8 Å². The summed E-state index contributed by atoms with van der Waals surface area (Å²) in [5, 5.41) is 13.0. The van der Waals surface area contributed by atoms with Gasteiger partial charge in [-0.3, -0.25) is 0 Å². The van der Waals surface area contributed by atoms with Gasteiger partial charge in [-0.2, -0.15) is 0 Å². The lowest BCUT2D eigenvalue weighted by Crippen LogP contribution is -2.20. The van der Waals surface area contributed by atoms with Crippen LogP contribution in [0.1, 0.15) is 29.0 Å². The molecule has 16 heavy (non-hydrogen) atoms. The molecular weight excluding hydrogens is 198 g/mol. The summed E-state index contributed by atoms with van der Waals surface area (Å²) in [4.78, 5) is 0. The second-order valence-electron chi connectivity index (χ2n) is 4.90. The number of hydrogen-bond acceptors (Lipinski definition) is 2. The number of aliphatic hydroxyl groups excluding tert-OH is 1. The number of aryl methyl sites for hydroxylation is 2. The van der Waals surface area contributed by atoms with Gasteiger partial charge in [0.25, 0.3) is 0 Å². The van der Waals surface area contributed by atoms with Crippen molar-refractivity contribution in [2.24, 2.45) is 5.92 Å². The molecule has 1 aromatic rings. The molecule has 2 unspecified atom stereocenters. The molecule has 1 aliphatic heterocycles. The van der Waals surface area contributed by atoms with Crippen molar-refractivity contribution in [2.45, 2.75) is 26.2 Å². The van der Waals surface area contributed by atoms with E-state index in [4.69, 9.17) is 0 Å². The summed E-state index contributed by atoms with van der Waals surface area (Å²) in [6.07, 6.45) is 1.18. The summed E-state index contributed by atoms with van der Waals surface area (Å²) in [7, 11) is 0. The largest absolute Gasteiger partial charge is 0.396 e. The van der Waals surface area contributed by atoms with Crippen LogP contribution in [-0.2, 0) is 0 Å². The molecule has 1 fully saturated rings. The summed E-state index contributed by atoms with van der Waals surface area (Å²) in [5.41, 5.74) is 3.93. The molecular formula is C14H21NO. The maximum atomic E-state index is 9.61. The van der Waals surface area contributed by atoms with Crippen LogP contribution in [0.15, 0.2) is 18.2 Å². The highest BCUT2D eigenvalue weighted by molar-refractivity contribution is 5.33. The zero-order valence-electron chi connectivity index (χ0n) is 10.2. The van der Waals surface area contributed by atoms with Crippen molar-refractivity contribution >= 4 is 0 Å². The Morgan fingerprint density at radius 2 is 2.25 bits per heavy atom. The minimum absolute atomic E-state index is 0.260. The van der Waals surface area contributed by atoms with Gasteiger partial charge in [0.1, 0.15) is 0 Å². The molecule has 0 amide bonds. The van der Waals surface area contributed by atoms with Crippen molar-refractivity contribution in [3.63, 3.8) is 0 Å². The third-order valence-corrected chi connectivity index (χ3v) is 3.69. The smallest absolute Gasteiger partial charge is 0.0502 e. The van der Waals surface area contributed by atoms with Crippen LogP contribution in [0.5, 0.6) is 0 Å². The molecule has 1 aromatic carbocycles. The monoisotopic (exact) mass is 219 g/mol. The molecule has 1 saturated heterocycles. The third kappa shape index (κ3) is 2.28. The topological polar surface area (TPSA) is 32.3 Å². The summed E-state index contributed by atoms with van der Waals surface area (Å²) in [6.45, 7) is 6.65. The molecule has 0 bridgehead atoms. The Morgan fingerprint density at radius 3 is 2.81 bits per heavy atom. The zero-order valence-corrected chi connectivity index (χ0v) is 10.2. The van der Waals surface area contributed by atoms with Gasteiger partial charge in [-0.05, 0) is 50.4 Å². The Hall–Kier alpha value is -0.860. The van der Waals surface area contributed by atoms with E-state index in [0.29, 0.717) is 11.8 Å². The van der Waals surface area contributed by atoms with Crippen molar-refractivity contribution in [3.05, 3.63) is 34.9 Å². The Bertz CT molecular complexity index is 356. The zero-order chi connectivity index (χ0) is 11.5. The molecule has 2 rings (SSSR count). The van der Waals surface area contributed by atoms with Crippen molar-refractivity contribution in [1.82, 2.24) is 5.32 Å². The van der Waals surface area contributed by atoms with Crippen LogP contribution in [0.25, 0.3) is 0 Å². The normalized spacial score (nSPS) is 22.3. The van der Waals surface area contributed by atoms with E-state index >= 15 is 0 Å². The first-order valence-electron chi connectivity index (χ1n) is 6.11. The van der Waals surface area contributed by atoms with E-state index in [1.807, 2.05) is 0 Å². The van der Waals surface area contributed by atoms with E-state index in [1.54, 1.807) is 0 Å². The van der Waals surface area contributed by atoms with Gasteiger partial charge < -0.3 is 10.4 Å². The fourth-order valence-corrected chi connectivity index (χ4v) is 2.76. The highest BCUT2D eigenvalue weighted by Gasteiger charge is 2.26. The Kier molecular flexibility index (Phi) is 3.62. The third-order valence-electron chi connectivity index (χ3n) is 3.69. The fraction of sp³-hybridized carbons (Fsp3) is 0.571. The molecule has 2 N–H and O–H groups in total. The van der Waals surface area contributed by atoms with E-state index in [1.165, 1.54) is 23.1 Å². The minimum Gasteiger partial charge on any atom is -0.396 e. The lowest BCUT2D eigenvalue weighted by molar-refractivity contribution is 0.230. The first kappa shape index (κ1) is 11.6. The maximum Gasteiger partial charge on any atom is 0.0502 e. The van der Waals surface area contributed by atoms with E-state index in [0.717, 1.165) is 13.1 Å². The molecule has 0 spiro atoms. The molecule has 1 aliphatic rings. The minimum atomic E-state index is 0.260. The number of rotatable bonds is 3. The molecule has 0 aliphatic carbocycles. The Labute approximate surface area is 97.7 Å². The summed E-state index contributed by atoms with van der Waals surface area (Å²) >= 11 is 0. The molecule has 88 valence electrons. The van der Waals surface area contributed by atoms with Crippen LogP contribution in [0.3, 0.4) is 0 Å². The van der Waals surface area contributed by atoms with Crippen molar-refractivity contribution in [3.8, 4) is 0 Å². The lowest BCUT2D eigenvalue weighted by atomic mass is 9.83. The molecule has 1 heterocycles. The molecule has 2 heteroatoms. The van der Waals surface area contributed by atoms with Gasteiger partial charge in [-0.1, -0.05) is 23.8 Å². The summed E-state index contributed by atoms with van der Waals surface area (Å²) in [6, 6.07) is 6.54. The lowest BCUT2D eigenvalue weighted by Gasteiger charge is -2.23. The Morgan fingerprint density at radius 1 is 1.44 bits per heavy atom. The van der Waals surface area contributed by atoms with Crippen LogP contribution < -0.4 is 5.32 Å². The van der Waals surface area contributed by atoms with Gasteiger partial charge >= 0.3 is 0 Å². The molecule has 0 saturated carbocycles. The van der Waals surface area contributed by atoms with Crippen LogP contribution in [0.2, 0.25) is 0 Å².